The van der Waals surface area contributed by atoms with E-state index >= 15 is 0 Å². The normalized spacial score (nSPS) is 13.6. The molecule has 4 nitrogen and oxygen atoms in total. The molecule has 0 amide bonds. The molecule has 0 bridgehead atoms. The van der Waals surface area contributed by atoms with E-state index in [2.05, 4.69) is 19.2 Å². The molecule has 1 aromatic rings. The Morgan fingerprint density at radius 1 is 1.19 bits per heavy atom. The van der Waals surface area contributed by atoms with Crippen molar-refractivity contribution in [1.82, 2.24) is 5.32 Å². The maximum absolute atomic E-state index is 12.4. The first-order chi connectivity index (χ1) is 9.90. The largest absolute Gasteiger partial charge is 0.396 e. The predicted octanol–water partition coefficient (Wildman–Crippen LogP) is 2.33. The molecule has 0 radical (unpaired) electrons. The van der Waals surface area contributed by atoms with Crippen molar-refractivity contribution in [3.05, 3.63) is 29.8 Å². The van der Waals surface area contributed by atoms with Crippen LogP contribution in [0.5, 0.6) is 0 Å². The summed E-state index contributed by atoms with van der Waals surface area (Å²) < 4.78 is 24.9. The Morgan fingerprint density at radius 2 is 1.81 bits per heavy atom. The van der Waals surface area contributed by atoms with Crippen LogP contribution in [0.2, 0.25) is 0 Å². The van der Waals surface area contributed by atoms with Gasteiger partial charge in [-0.1, -0.05) is 32.9 Å². The molecule has 0 fully saturated rings. The Morgan fingerprint density at radius 3 is 2.29 bits per heavy atom. The first kappa shape index (κ1) is 18.1. The van der Waals surface area contributed by atoms with Gasteiger partial charge in [0.15, 0.2) is 9.84 Å². The van der Waals surface area contributed by atoms with Crippen LogP contribution in [0.25, 0.3) is 0 Å². The average molecular weight is 313 g/mol. The molecule has 0 aromatic heterocycles. The summed E-state index contributed by atoms with van der Waals surface area (Å²) in [5.41, 5.74) is 1.13. The molecule has 0 saturated heterocycles. The second kappa shape index (κ2) is 8.51. The van der Waals surface area contributed by atoms with Crippen molar-refractivity contribution in [2.24, 2.45) is 0 Å². The summed E-state index contributed by atoms with van der Waals surface area (Å²) in [5.74, 6) is 0.407. The molecule has 1 rings (SSSR count). The lowest BCUT2D eigenvalue weighted by Crippen LogP contribution is -2.37. The number of hydrogen-bond donors (Lipinski definition) is 2. The number of sulfone groups is 1. The highest BCUT2D eigenvalue weighted by Gasteiger charge is 2.20. The summed E-state index contributed by atoms with van der Waals surface area (Å²) in [4.78, 5) is 0.355. The fourth-order valence-electron chi connectivity index (χ4n) is 2.17. The number of hydrogen-bond acceptors (Lipinski definition) is 4. The zero-order valence-corrected chi connectivity index (χ0v) is 14.0. The molecule has 1 unspecified atom stereocenters. The minimum absolute atomic E-state index is 0.0107. The van der Waals surface area contributed by atoms with Gasteiger partial charge in [-0.15, -0.1) is 0 Å². The van der Waals surface area contributed by atoms with Crippen molar-refractivity contribution < 1.29 is 13.5 Å². The summed E-state index contributed by atoms with van der Waals surface area (Å²) >= 11 is 0. The first-order valence-electron chi connectivity index (χ1n) is 7.57. The van der Waals surface area contributed by atoms with Crippen molar-refractivity contribution in [1.29, 1.82) is 0 Å². The summed E-state index contributed by atoms with van der Waals surface area (Å²) in [6.45, 7) is 6.93. The van der Waals surface area contributed by atoms with Gasteiger partial charge in [-0.05, 0) is 43.0 Å². The SMILES string of the molecule is CCCNC(CCO)CS(=O)(=O)c1ccc(C(C)C)cc1. The second-order valence-corrected chi connectivity index (χ2v) is 7.70. The Hall–Kier alpha value is -0.910. The number of benzene rings is 1. The lowest BCUT2D eigenvalue weighted by Gasteiger charge is -2.17. The number of aliphatic hydroxyl groups is 1. The lowest BCUT2D eigenvalue weighted by atomic mass is 10.0. The minimum atomic E-state index is -3.33. The quantitative estimate of drug-likeness (QED) is 0.734. The van der Waals surface area contributed by atoms with E-state index in [1.165, 1.54) is 0 Å². The van der Waals surface area contributed by atoms with E-state index in [9.17, 15) is 8.42 Å². The number of rotatable bonds is 9. The van der Waals surface area contributed by atoms with E-state index in [-0.39, 0.29) is 18.4 Å². The Kier molecular flexibility index (Phi) is 7.35. The minimum Gasteiger partial charge on any atom is -0.396 e. The summed E-state index contributed by atoms with van der Waals surface area (Å²) in [6.07, 6.45) is 1.38. The summed E-state index contributed by atoms with van der Waals surface area (Å²) in [5, 5.41) is 12.3. The molecular weight excluding hydrogens is 286 g/mol. The molecule has 5 heteroatoms. The van der Waals surface area contributed by atoms with E-state index in [4.69, 9.17) is 5.11 Å². The van der Waals surface area contributed by atoms with Crippen molar-refractivity contribution >= 4 is 9.84 Å². The average Bonchev–Trinajstić information content (AvgIpc) is 2.45. The Bertz CT molecular complexity index is 509. The highest BCUT2D eigenvalue weighted by atomic mass is 32.2. The predicted molar refractivity (Wildman–Crippen MR) is 86.4 cm³/mol. The molecule has 0 spiro atoms. The van der Waals surface area contributed by atoms with Crippen LogP contribution in [-0.4, -0.2) is 38.5 Å². The van der Waals surface area contributed by atoms with E-state index in [1.54, 1.807) is 12.1 Å². The molecule has 2 N–H and O–H groups in total. The fraction of sp³-hybridized carbons (Fsp3) is 0.625. The molecule has 21 heavy (non-hydrogen) atoms. The van der Waals surface area contributed by atoms with Crippen LogP contribution in [-0.2, 0) is 9.84 Å². The lowest BCUT2D eigenvalue weighted by molar-refractivity contribution is 0.269. The van der Waals surface area contributed by atoms with E-state index in [0.717, 1.165) is 18.5 Å². The number of aliphatic hydroxyl groups excluding tert-OH is 1. The summed E-state index contributed by atoms with van der Waals surface area (Å²) in [6, 6.07) is 6.90. The third-order valence-electron chi connectivity index (χ3n) is 3.49. The van der Waals surface area contributed by atoms with Crippen LogP contribution in [0.3, 0.4) is 0 Å². The van der Waals surface area contributed by atoms with Crippen LogP contribution in [0.1, 0.15) is 45.1 Å². The topological polar surface area (TPSA) is 66.4 Å². The van der Waals surface area contributed by atoms with Crippen molar-refractivity contribution in [2.45, 2.75) is 50.5 Å². The van der Waals surface area contributed by atoms with Gasteiger partial charge in [0.1, 0.15) is 0 Å². The van der Waals surface area contributed by atoms with E-state index in [0.29, 0.717) is 17.2 Å². The third-order valence-corrected chi connectivity index (χ3v) is 5.32. The molecule has 0 aliphatic carbocycles. The number of nitrogens with one attached hydrogen (secondary N) is 1. The molecule has 0 aliphatic rings. The van der Waals surface area contributed by atoms with Crippen LogP contribution in [0.15, 0.2) is 29.2 Å². The molecule has 0 saturated carbocycles. The molecular formula is C16H27NO3S. The molecule has 1 atom stereocenters. The zero-order valence-electron chi connectivity index (χ0n) is 13.2. The van der Waals surface area contributed by atoms with E-state index < -0.39 is 9.84 Å². The van der Waals surface area contributed by atoms with Crippen LogP contribution in [0.4, 0.5) is 0 Å². The smallest absolute Gasteiger partial charge is 0.179 e. The molecule has 1 aromatic carbocycles. The molecule has 0 heterocycles. The van der Waals surface area contributed by atoms with Gasteiger partial charge in [0.2, 0.25) is 0 Å². The Labute approximate surface area is 128 Å². The van der Waals surface area contributed by atoms with Gasteiger partial charge in [0, 0.05) is 12.6 Å². The van der Waals surface area contributed by atoms with Crippen molar-refractivity contribution in [3.8, 4) is 0 Å². The van der Waals surface area contributed by atoms with E-state index in [1.807, 2.05) is 19.1 Å². The third kappa shape index (κ3) is 5.77. The van der Waals surface area contributed by atoms with Gasteiger partial charge in [0.05, 0.1) is 10.6 Å². The van der Waals surface area contributed by atoms with Gasteiger partial charge >= 0.3 is 0 Å². The van der Waals surface area contributed by atoms with Gasteiger partial charge in [-0.25, -0.2) is 8.42 Å². The Balaban J connectivity index is 2.82. The first-order valence-corrected chi connectivity index (χ1v) is 9.23. The maximum atomic E-state index is 12.4. The van der Waals surface area contributed by atoms with Gasteiger partial charge in [-0.2, -0.15) is 0 Å². The fourth-order valence-corrected chi connectivity index (χ4v) is 3.73. The van der Waals surface area contributed by atoms with Gasteiger partial charge in [0.25, 0.3) is 0 Å². The monoisotopic (exact) mass is 313 g/mol. The molecule has 120 valence electrons. The standard InChI is InChI=1S/C16H27NO3S/c1-4-10-17-15(9-11-18)12-21(19,20)16-7-5-14(6-8-16)13(2)3/h5-8,13,15,17-18H,4,9-12H2,1-3H3. The zero-order chi connectivity index (χ0) is 15.9. The van der Waals surface area contributed by atoms with Gasteiger partial charge < -0.3 is 10.4 Å². The van der Waals surface area contributed by atoms with Crippen LogP contribution < -0.4 is 5.32 Å². The van der Waals surface area contributed by atoms with Crippen molar-refractivity contribution in [3.63, 3.8) is 0 Å². The van der Waals surface area contributed by atoms with Gasteiger partial charge in [-0.3, -0.25) is 0 Å². The maximum Gasteiger partial charge on any atom is 0.179 e. The molecule has 0 aliphatic heterocycles. The van der Waals surface area contributed by atoms with Crippen LogP contribution in [0, 0.1) is 0 Å². The van der Waals surface area contributed by atoms with Crippen LogP contribution >= 0.6 is 0 Å². The van der Waals surface area contributed by atoms with Crippen molar-refractivity contribution in [2.75, 3.05) is 18.9 Å². The summed E-state index contributed by atoms with van der Waals surface area (Å²) in [7, 11) is -3.33. The highest BCUT2D eigenvalue weighted by Crippen LogP contribution is 2.19. The highest BCUT2D eigenvalue weighted by molar-refractivity contribution is 7.91. The second-order valence-electron chi connectivity index (χ2n) is 5.67.